The Balaban J connectivity index is 1.61. The summed E-state index contributed by atoms with van der Waals surface area (Å²) in [5.41, 5.74) is 2.18. The molecule has 8 heteroatoms. The minimum absolute atomic E-state index is 0.186. The number of nitrogens with zero attached hydrogens (tertiary/aromatic N) is 2. The predicted molar refractivity (Wildman–Crippen MR) is 91.8 cm³/mol. The second-order valence-electron chi connectivity index (χ2n) is 7.10. The number of benzene rings is 1. The van der Waals surface area contributed by atoms with Gasteiger partial charge in [-0.25, -0.2) is 4.79 Å². The number of alkyl halides is 3. The van der Waals surface area contributed by atoms with E-state index >= 15 is 0 Å². The predicted octanol–water partition coefficient (Wildman–Crippen LogP) is 3.45. The Morgan fingerprint density at radius 2 is 2.19 bits per heavy atom. The van der Waals surface area contributed by atoms with E-state index < -0.39 is 12.7 Å². The second-order valence-corrected chi connectivity index (χ2v) is 7.10. The molecule has 5 nitrogen and oxygen atoms in total. The molecule has 1 N–H and O–H groups in total. The summed E-state index contributed by atoms with van der Waals surface area (Å²) in [6, 6.07) is 5.06. The van der Waals surface area contributed by atoms with Crippen LogP contribution in [0.4, 0.5) is 23.7 Å². The lowest BCUT2D eigenvalue weighted by atomic mass is 10.0. The number of fused-ring (bicyclic) bond motifs is 1. The fourth-order valence-corrected chi connectivity index (χ4v) is 3.60. The number of hydrogen-bond acceptors (Lipinski definition) is 3. The van der Waals surface area contributed by atoms with Crippen LogP contribution in [0.1, 0.15) is 24.0 Å². The summed E-state index contributed by atoms with van der Waals surface area (Å²) < 4.78 is 43.4. The first-order valence-electron chi connectivity index (χ1n) is 8.81. The quantitative estimate of drug-likeness (QED) is 0.882. The standard InChI is InChI=1S/C18H24F3N3O2/c1-23(8-13-4-3-7-26-11-13)17(25)22-16-6-2-5-14-9-24(10-15(14)16)12-18(19,20)21/h2,5-6,13H,3-4,7-12H2,1H3,(H,22,25). The summed E-state index contributed by atoms with van der Waals surface area (Å²) in [6.07, 6.45) is -2.19. The Kier molecular flexibility index (Phi) is 5.72. The molecule has 2 aliphatic rings. The molecule has 1 aromatic carbocycles. The van der Waals surface area contributed by atoms with Crippen LogP contribution in [0.2, 0.25) is 0 Å². The Morgan fingerprint density at radius 3 is 2.88 bits per heavy atom. The Bertz CT molecular complexity index is 645. The number of halogens is 3. The molecule has 2 amide bonds. The van der Waals surface area contributed by atoms with Crippen molar-refractivity contribution in [2.24, 2.45) is 5.92 Å². The van der Waals surface area contributed by atoms with Crippen LogP contribution >= 0.6 is 0 Å². The van der Waals surface area contributed by atoms with Crippen molar-refractivity contribution in [3.05, 3.63) is 29.3 Å². The van der Waals surface area contributed by atoms with Crippen LogP contribution in [-0.4, -0.2) is 55.4 Å². The van der Waals surface area contributed by atoms with E-state index in [2.05, 4.69) is 5.32 Å². The summed E-state index contributed by atoms with van der Waals surface area (Å²) in [4.78, 5) is 15.4. The third-order valence-electron chi connectivity index (χ3n) is 4.83. The summed E-state index contributed by atoms with van der Waals surface area (Å²) in [5, 5.41) is 2.85. The molecular formula is C18H24F3N3O2. The Hall–Kier alpha value is -1.80. The number of rotatable bonds is 4. The lowest BCUT2D eigenvalue weighted by molar-refractivity contribution is -0.146. The fourth-order valence-electron chi connectivity index (χ4n) is 3.60. The Labute approximate surface area is 151 Å². The van der Waals surface area contributed by atoms with Gasteiger partial charge < -0.3 is 15.0 Å². The van der Waals surface area contributed by atoms with Gasteiger partial charge in [0.05, 0.1) is 13.2 Å². The first-order valence-corrected chi connectivity index (χ1v) is 8.81. The van der Waals surface area contributed by atoms with Gasteiger partial charge in [-0.05, 0) is 30.0 Å². The average molecular weight is 371 g/mol. The molecular weight excluding hydrogens is 347 g/mol. The van der Waals surface area contributed by atoms with Crippen molar-refractivity contribution in [2.45, 2.75) is 32.1 Å². The third-order valence-corrected chi connectivity index (χ3v) is 4.83. The maximum absolute atomic E-state index is 12.6. The molecule has 0 radical (unpaired) electrons. The number of nitrogens with one attached hydrogen (secondary N) is 1. The highest BCUT2D eigenvalue weighted by Gasteiger charge is 2.34. The van der Waals surface area contributed by atoms with E-state index in [4.69, 9.17) is 4.74 Å². The lowest BCUT2D eigenvalue weighted by Gasteiger charge is -2.27. The van der Waals surface area contributed by atoms with Crippen LogP contribution in [0.3, 0.4) is 0 Å². The van der Waals surface area contributed by atoms with Crippen LogP contribution in [-0.2, 0) is 17.8 Å². The molecule has 0 aliphatic carbocycles. The fraction of sp³-hybridized carbons (Fsp3) is 0.611. The van der Waals surface area contributed by atoms with Crippen LogP contribution in [0.25, 0.3) is 0 Å². The molecule has 1 aromatic rings. The first-order chi connectivity index (χ1) is 12.3. The van der Waals surface area contributed by atoms with Crippen LogP contribution in [0, 0.1) is 5.92 Å². The van der Waals surface area contributed by atoms with Gasteiger partial charge in [0.2, 0.25) is 0 Å². The summed E-state index contributed by atoms with van der Waals surface area (Å²) in [5.74, 6) is 0.322. The van der Waals surface area contributed by atoms with E-state index in [-0.39, 0.29) is 19.1 Å². The number of carbonyl (C=O) groups is 1. The topological polar surface area (TPSA) is 44.8 Å². The zero-order valence-corrected chi connectivity index (χ0v) is 14.8. The molecule has 0 spiro atoms. The molecule has 3 rings (SSSR count). The van der Waals surface area contributed by atoms with Crippen LogP contribution < -0.4 is 5.32 Å². The van der Waals surface area contributed by atoms with Gasteiger partial charge >= 0.3 is 12.2 Å². The van der Waals surface area contributed by atoms with Gasteiger partial charge in [-0.3, -0.25) is 4.90 Å². The van der Waals surface area contributed by atoms with Crippen molar-refractivity contribution < 1.29 is 22.7 Å². The number of urea groups is 1. The summed E-state index contributed by atoms with van der Waals surface area (Å²) >= 11 is 0. The third kappa shape index (κ3) is 4.88. The summed E-state index contributed by atoms with van der Waals surface area (Å²) in [6.45, 7) is 1.51. The van der Waals surface area contributed by atoms with Crippen molar-refractivity contribution in [1.29, 1.82) is 0 Å². The molecule has 0 bridgehead atoms. The molecule has 1 unspecified atom stereocenters. The van der Waals surface area contributed by atoms with E-state index in [1.54, 1.807) is 24.1 Å². The van der Waals surface area contributed by atoms with E-state index in [0.717, 1.165) is 30.6 Å². The minimum atomic E-state index is -4.23. The first kappa shape index (κ1) is 19.0. The largest absolute Gasteiger partial charge is 0.401 e. The molecule has 0 saturated carbocycles. The smallest absolute Gasteiger partial charge is 0.381 e. The van der Waals surface area contributed by atoms with E-state index in [1.807, 2.05) is 6.07 Å². The molecule has 1 saturated heterocycles. The monoisotopic (exact) mass is 371 g/mol. The number of hydrogen-bond donors (Lipinski definition) is 1. The number of ether oxygens (including phenoxy) is 1. The number of carbonyl (C=O) groups excluding carboxylic acids is 1. The van der Waals surface area contributed by atoms with Gasteiger partial charge in [-0.15, -0.1) is 0 Å². The zero-order chi connectivity index (χ0) is 18.7. The molecule has 26 heavy (non-hydrogen) atoms. The molecule has 0 aromatic heterocycles. The normalized spacial score (nSPS) is 20.7. The van der Waals surface area contributed by atoms with Gasteiger partial charge in [0, 0.05) is 44.9 Å². The van der Waals surface area contributed by atoms with Crippen molar-refractivity contribution in [2.75, 3.05) is 38.7 Å². The van der Waals surface area contributed by atoms with E-state index in [0.29, 0.717) is 24.8 Å². The average Bonchev–Trinajstić information content (AvgIpc) is 2.97. The van der Waals surface area contributed by atoms with E-state index in [1.165, 1.54) is 4.90 Å². The van der Waals surface area contributed by atoms with Gasteiger partial charge in [-0.1, -0.05) is 12.1 Å². The molecule has 1 atom stereocenters. The number of anilines is 1. The summed E-state index contributed by atoms with van der Waals surface area (Å²) in [7, 11) is 1.73. The van der Waals surface area contributed by atoms with Crippen LogP contribution in [0.5, 0.6) is 0 Å². The molecule has 2 heterocycles. The van der Waals surface area contributed by atoms with Crippen LogP contribution in [0.15, 0.2) is 18.2 Å². The molecule has 144 valence electrons. The van der Waals surface area contributed by atoms with Crippen molar-refractivity contribution in [3.8, 4) is 0 Å². The van der Waals surface area contributed by atoms with Crippen molar-refractivity contribution in [1.82, 2.24) is 9.80 Å². The SMILES string of the molecule is CN(CC1CCCOC1)C(=O)Nc1cccc2c1CN(CC(F)(F)F)C2. The van der Waals surface area contributed by atoms with Gasteiger partial charge in [-0.2, -0.15) is 13.2 Å². The second kappa shape index (κ2) is 7.84. The Morgan fingerprint density at radius 1 is 1.38 bits per heavy atom. The van der Waals surface area contributed by atoms with E-state index in [9.17, 15) is 18.0 Å². The van der Waals surface area contributed by atoms with Gasteiger partial charge in [0.1, 0.15) is 0 Å². The van der Waals surface area contributed by atoms with Gasteiger partial charge in [0.25, 0.3) is 0 Å². The number of amides is 2. The van der Waals surface area contributed by atoms with Crippen molar-refractivity contribution >= 4 is 11.7 Å². The molecule has 1 fully saturated rings. The highest BCUT2D eigenvalue weighted by molar-refractivity contribution is 5.90. The highest BCUT2D eigenvalue weighted by Crippen LogP contribution is 2.31. The maximum Gasteiger partial charge on any atom is 0.401 e. The minimum Gasteiger partial charge on any atom is -0.381 e. The van der Waals surface area contributed by atoms with Gasteiger partial charge in [0.15, 0.2) is 0 Å². The van der Waals surface area contributed by atoms with Crippen molar-refractivity contribution in [3.63, 3.8) is 0 Å². The lowest BCUT2D eigenvalue weighted by Crippen LogP contribution is -2.37. The maximum atomic E-state index is 12.6. The highest BCUT2D eigenvalue weighted by atomic mass is 19.4. The zero-order valence-electron chi connectivity index (χ0n) is 14.8. The molecule has 2 aliphatic heterocycles.